The highest BCUT2D eigenvalue weighted by molar-refractivity contribution is 14.0. The zero-order valence-electron chi connectivity index (χ0n) is 13.6. The van der Waals surface area contributed by atoms with Gasteiger partial charge in [0.15, 0.2) is 5.96 Å². The number of hydrogen-bond donors (Lipinski definition) is 3. The standard InChI is InChI=1S/C17H21N3O3.HI/c1-22-14-8-6-12(7-9-14)16(21)11-19-17(18)20-13-4-3-5-15(10-13)23-2;/h3-10,16,21H,11H2,1-2H3,(H3,18,19,20);1H. The van der Waals surface area contributed by atoms with Gasteiger partial charge in [-0.1, -0.05) is 18.2 Å². The molecule has 0 spiro atoms. The van der Waals surface area contributed by atoms with E-state index in [9.17, 15) is 5.11 Å². The van der Waals surface area contributed by atoms with E-state index >= 15 is 0 Å². The molecule has 0 bridgehead atoms. The quantitative estimate of drug-likeness (QED) is 0.363. The number of aliphatic imine (C=N–C) groups is 1. The monoisotopic (exact) mass is 443 g/mol. The Kier molecular flexibility index (Phi) is 8.34. The van der Waals surface area contributed by atoms with Crippen LogP contribution in [0.1, 0.15) is 11.7 Å². The number of guanidine groups is 1. The van der Waals surface area contributed by atoms with Crippen LogP contribution in [0.5, 0.6) is 11.5 Å². The maximum Gasteiger partial charge on any atom is 0.193 e. The number of nitrogens with one attached hydrogen (secondary N) is 1. The van der Waals surface area contributed by atoms with Gasteiger partial charge < -0.3 is 25.6 Å². The van der Waals surface area contributed by atoms with E-state index in [-0.39, 0.29) is 36.5 Å². The number of methoxy groups -OCH3 is 2. The Bertz CT molecular complexity index is 662. The summed E-state index contributed by atoms with van der Waals surface area (Å²) in [4.78, 5) is 4.16. The van der Waals surface area contributed by atoms with E-state index in [1.54, 1.807) is 38.5 Å². The van der Waals surface area contributed by atoms with Crippen molar-refractivity contribution in [1.29, 1.82) is 0 Å². The molecular formula is C17H22IN3O3. The maximum atomic E-state index is 10.1. The van der Waals surface area contributed by atoms with Crippen molar-refractivity contribution < 1.29 is 14.6 Å². The lowest BCUT2D eigenvalue weighted by Crippen LogP contribution is -2.23. The zero-order chi connectivity index (χ0) is 16.7. The fourth-order valence-corrected chi connectivity index (χ4v) is 2.00. The number of anilines is 1. The molecule has 4 N–H and O–H groups in total. The summed E-state index contributed by atoms with van der Waals surface area (Å²) >= 11 is 0. The van der Waals surface area contributed by atoms with E-state index in [0.717, 1.165) is 22.7 Å². The van der Waals surface area contributed by atoms with Crippen molar-refractivity contribution in [2.24, 2.45) is 10.7 Å². The van der Waals surface area contributed by atoms with Gasteiger partial charge in [-0.2, -0.15) is 0 Å². The molecule has 0 aliphatic carbocycles. The summed E-state index contributed by atoms with van der Waals surface area (Å²) in [6.07, 6.45) is -0.730. The SMILES string of the molecule is COc1ccc(C(O)CN=C(N)Nc2cccc(OC)c2)cc1.I. The van der Waals surface area contributed by atoms with Gasteiger partial charge >= 0.3 is 0 Å². The van der Waals surface area contributed by atoms with Crippen LogP contribution in [0.4, 0.5) is 5.69 Å². The third kappa shape index (κ3) is 5.89. The van der Waals surface area contributed by atoms with Gasteiger partial charge in [0.05, 0.1) is 26.9 Å². The van der Waals surface area contributed by atoms with Crippen LogP contribution >= 0.6 is 24.0 Å². The van der Waals surface area contributed by atoms with Crippen LogP contribution in [-0.2, 0) is 0 Å². The van der Waals surface area contributed by atoms with E-state index in [2.05, 4.69) is 10.3 Å². The molecule has 0 aliphatic rings. The van der Waals surface area contributed by atoms with Crippen molar-refractivity contribution in [1.82, 2.24) is 0 Å². The van der Waals surface area contributed by atoms with Crippen LogP contribution in [0.25, 0.3) is 0 Å². The second-order valence-electron chi connectivity index (χ2n) is 4.87. The number of rotatable bonds is 6. The highest BCUT2D eigenvalue weighted by atomic mass is 127. The average Bonchev–Trinajstić information content (AvgIpc) is 2.60. The Labute approximate surface area is 158 Å². The predicted molar refractivity (Wildman–Crippen MR) is 106 cm³/mol. The second-order valence-corrected chi connectivity index (χ2v) is 4.87. The molecule has 1 atom stereocenters. The number of hydrogen-bond acceptors (Lipinski definition) is 4. The van der Waals surface area contributed by atoms with Gasteiger partial charge in [-0.15, -0.1) is 24.0 Å². The Morgan fingerprint density at radius 1 is 1.12 bits per heavy atom. The first kappa shape index (κ1) is 20.0. The third-order valence-electron chi connectivity index (χ3n) is 3.28. The first-order valence-corrected chi connectivity index (χ1v) is 7.15. The molecule has 0 saturated carbocycles. The first-order valence-electron chi connectivity index (χ1n) is 7.15. The molecule has 0 saturated heterocycles. The topological polar surface area (TPSA) is 89.1 Å². The Morgan fingerprint density at radius 3 is 2.42 bits per heavy atom. The fourth-order valence-electron chi connectivity index (χ4n) is 2.00. The normalized spacial score (nSPS) is 12.0. The maximum absolute atomic E-state index is 10.1. The number of benzene rings is 2. The molecule has 2 aromatic carbocycles. The predicted octanol–water partition coefficient (Wildman–Crippen LogP) is 2.78. The largest absolute Gasteiger partial charge is 0.497 e. The van der Waals surface area contributed by atoms with Gasteiger partial charge in [0.2, 0.25) is 0 Å². The lowest BCUT2D eigenvalue weighted by atomic mass is 10.1. The smallest absolute Gasteiger partial charge is 0.193 e. The number of ether oxygens (including phenoxy) is 2. The summed E-state index contributed by atoms with van der Waals surface area (Å²) in [7, 11) is 3.20. The average molecular weight is 443 g/mol. The Hall–Kier alpha value is -2.00. The number of aliphatic hydroxyl groups excluding tert-OH is 1. The van der Waals surface area contributed by atoms with Crippen molar-refractivity contribution in [3.8, 4) is 11.5 Å². The van der Waals surface area contributed by atoms with E-state index in [4.69, 9.17) is 15.2 Å². The molecule has 0 radical (unpaired) electrons. The van der Waals surface area contributed by atoms with Crippen LogP contribution in [0, 0.1) is 0 Å². The molecule has 7 heteroatoms. The van der Waals surface area contributed by atoms with Crippen LogP contribution in [0.3, 0.4) is 0 Å². The van der Waals surface area contributed by atoms with Crippen LogP contribution < -0.4 is 20.5 Å². The molecule has 0 aliphatic heterocycles. The molecule has 24 heavy (non-hydrogen) atoms. The Balaban J connectivity index is 0.00000288. The van der Waals surface area contributed by atoms with Crippen molar-refractivity contribution in [2.75, 3.05) is 26.1 Å². The first-order chi connectivity index (χ1) is 11.1. The summed E-state index contributed by atoms with van der Waals surface area (Å²) in [6.45, 7) is 0.162. The second kappa shape index (κ2) is 9.99. The summed E-state index contributed by atoms with van der Waals surface area (Å²) in [5, 5.41) is 13.1. The molecule has 0 aromatic heterocycles. The molecule has 6 nitrogen and oxygen atoms in total. The summed E-state index contributed by atoms with van der Waals surface area (Å²) in [5.41, 5.74) is 7.36. The zero-order valence-corrected chi connectivity index (χ0v) is 15.9. The van der Waals surface area contributed by atoms with Crippen LogP contribution in [0.15, 0.2) is 53.5 Å². The summed E-state index contributed by atoms with van der Waals surface area (Å²) < 4.78 is 10.2. The minimum Gasteiger partial charge on any atom is -0.497 e. The molecule has 2 aromatic rings. The molecule has 0 fully saturated rings. The highest BCUT2D eigenvalue weighted by Crippen LogP contribution is 2.18. The van der Waals surface area contributed by atoms with E-state index in [1.165, 1.54) is 0 Å². The molecule has 130 valence electrons. The van der Waals surface area contributed by atoms with Gasteiger partial charge in [0.25, 0.3) is 0 Å². The lowest BCUT2D eigenvalue weighted by Gasteiger charge is -2.11. The van der Waals surface area contributed by atoms with E-state index < -0.39 is 6.10 Å². The van der Waals surface area contributed by atoms with Gasteiger partial charge in [0, 0.05) is 11.8 Å². The molecule has 0 heterocycles. The van der Waals surface area contributed by atoms with Crippen molar-refractivity contribution in [3.63, 3.8) is 0 Å². The lowest BCUT2D eigenvalue weighted by molar-refractivity contribution is 0.187. The summed E-state index contributed by atoms with van der Waals surface area (Å²) in [5.74, 6) is 1.69. The number of aliphatic hydroxyl groups is 1. The third-order valence-corrected chi connectivity index (χ3v) is 3.28. The molecule has 1 unspecified atom stereocenters. The number of nitrogens with two attached hydrogens (primary N) is 1. The molecular weight excluding hydrogens is 421 g/mol. The van der Waals surface area contributed by atoms with E-state index in [0.29, 0.717) is 0 Å². The minimum atomic E-state index is -0.730. The Morgan fingerprint density at radius 2 is 1.79 bits per heavy atom. The van der Waals surface area contributed by atoms with Gasteiger partial charge in [0.1, 0.15) is 11.5 Å². The van der Waals surface area contributed by atoms with Gasteiger partial charge in [-0.05, 0) is 29.8 Å². The number of halogens is 1. The van der Waals surface area contributed by atoms with Gasteiger partial charge in [-0.25, -0.2) is 0 Å². The van der Waals surface area contributed by atoms with Crippen molar-refractivity contribution >= 4 is 35.6 Å². The van der Waals surface area contributed by atoms with Crippen molar-refractivity contribution in [3.05, 3.63) is 54.1 Å². The van der Waals surface area contributed by atoms with Crippen LogP contribution in [0.2, 0.25) is 0 Å². The number of nitrogens with zero attached hydrogens (tertiary/aromatic N) is 1. The minimum absolute atomic E-state index is 0. The highest BCUT2D eigenvalue weighted by Gasteiger charge is 2.07. The fraction of sp³-hybridized carbons (Fsp3) is 0.235. The molecule has 2 rings (SSSR count). The van der Waals surface area contributed by atoms with Crippen molar-refractivity contribution in [2.45, 2.75) is 6.10 Å². The molecule has 0 amide bonds. The van der Waals surface area contributed by atoms with E-state index in [1.807, 2.05) is 24.3 Å². The summed E-state index contributed by atoms with van der Waals surface area (Å²) in [6, 6.07) is 14.5. The van der Waals surface area contributed by atoms with Gasteiger partial charge in [-0.3, -0.25) is 4.99 Å². The van der Waals surface area contributed by atoms with Crippen LogP contribution in [-0.4, -0.2) is 31.8 Å².